The van der Waals surface area contributed by atoms with Crippen LogP contribution in [0.4, 0.5) is 5.13 Å². The zero-order chi connectivity index (χ0) is 9.26. The van der Waals surface area contributed by atoms with E-state index in [2.05, 4.69) is 16.9 Å². The van der Waals surface area contributed by atoms with Crippen LogP contribution in [0.2, 0.25) is 0 Å². The number of fused-ring (bicyclic) bond motifs is 1. The van der Waals surface area contributed by atoms with Crippen LogP contribution < -0.4 is 0 Å². The highest BCUT2D eigenvalue weighted by molar-refractivity contribution is 7.15. The third-order valence-electron chi connectivity index (χ3n) is 2.32. The van der Waals surface area contributed by atoms with Crippen LogP contribution in [0.25, 0.3) is 0 Å². The van der Waals surface area contributed by atoms with Gasteiger partial charge in [0.25, 0.3) is 0 Å². The molecule has 4 heteroatoms. The van der Waals surface area contributed by atoms with Crippen LogP contribution in [0.15, 0.2) is 4.99 Å². The van der Waals surface area contributed by atoms with Crippen LogP contribution in [0.5, 0.6) is 0 Å². The van der Waals surface area contributed by atoms with Gasteiger partial charge in [0.05, 0.1) is 5.69 Å². The molecule has 0 fully saturated rings. The Morgan fingerprint density at radius 2 is 2.54 bits per heavy atom. The first-order valence-corrected chi connectivity index (χ1v) is 5.17. The number of aryl methyl sites for hydroxylation is 1. The SMILES string of the molecule is CC1CCc2nc(N=C=O)sc2C1. The molecule has 1 aliphatic rings. The first kappa shape index (κ1) is 8.60. The summed E-state index contributed by atoms with van der Waals surface area (Å²) in [5.41, 5.74) is 1.14. The monoisotopic (exact) mass is 194 g/mol. The summed E-state index contributed by atoms with van der Waals surface area (Å²) in [6.07, 6.45) is 4.84. The minimum Gasteiger partial charge on any atom is -0.222 e. The number of isocyanates is 1. The first-order valence-electron chi connectivity index (χ1n) is 4.36. The van der Waals surface area contributed by atoms with Gasteiger partial charge in [-0.1, -0.05) is 18.3 Å². The Kier molecular flexibility index (Phi) is 2.25. The maximum Gasteiger partial charge on any atom is 0.242 e. The number of hydrogen-bond acceptors (Lipinski definition) is 4. The van der Waals surface area contributed by atoms with Gasteiger partial charge in [0, 0.05) is 4.88 Å². The van der Waals surface area contributed by atoms with E-state index in [9.17, 15) is 4.79 Å². The molecule has 1 aromatic rings. The van der Waals surface area contributed by atoms with Gasteiger partial charge < -0.3 is 0 Å². The third kappa shape index (κ3) is 1.69. The molecule has 68 valence electrons. The summed E-state index contributed by atoms with van der Waals surface area (Å²) < 4.78 is 0. The van der Waals surface area contributed by atoms with Crippen molar-refractivity contribution in [1.29, 1.82) is 0 Å². The van der Waals surface area contributed by atoms with Gasteiger partial charge in [-0.3, -0.25) is 0 Å². The molecule has 1 atom stereocenters. The zero-order valence-corrected chi connectivity index (χ0v) is 8.23. The zero-order valence-electron chi connectivity index (χ0n) is 7.41. The smallest absolute Gasteiger partial charge is 0.222 e. The quantitative estimate of drug-likeness (QED) is 0.508. The molecular formula is C9H10N2OS. The first-order chi connectivity index (χ1) is 6.29. The van der Waals surface area contributed by atoms with Crippen LogP contribution in [-0.2, 0) is 17.6 Å². The second-order valence-corrected chi connectivity index (χ2v) is 4.48. The van der Waals surface area contributed by atoms with Crippen molar-refractivity contribution in [3.63, 3.8) is 0 Å². The number of thiazole rings is 1. The molecule has 0 saturated carbocycles. The number of aromatic nitrogens is 1. The molecule has 0 saturated heterocycles. The van der Waals surface area contributed by atoms with E-state index in [1.54, 1.807) is 0 Å². The average molecular weight is 194 g/mol. The summed E-state index contributed by atoms with van der Waals surface area (Å²) in [6, 6.07) is 0. The van der Waals surface area contributed by atoms with Crippen molar-refractivity contribution in [1.82, 2.24) is 4.98 Å². The molecule has 0 aromatic carbocycles. The highest BCUT2D eigenvalue weighted by Crippen LogP contribution is 2.32. The minimum atomic E-state index is 0.564. The van der Waals surface area contributed by atoms with Gasteiger partial charge >= 0.3 is 0 Å². The molecule has 2 rings (SSSR count). The Bertz CT molecular complexity index is 366. The lowest BCUT2D eigenvalue weighted by molar-refractivity contribution is 0.502. The maximum atomic E-state index is 10.0. The van der Waals surface area contributed by atoms with E-state index in [1.165, 1.54) is 28.7 Å². The van der Waals surface area contributed by atoms with Gasteiger partial charge in [-0.05, 0) is 25.2 Å². The van der Waals surface area contributed by atoms with Crippen molar-refractivity contribution < 1.29 is 4.79 Å². The number of hydrogen-bond donors (Lipinski definition) is 0. The van der Waals surface area contributed by atoms with Gasteiger partial charge in [-0.2, -0.15) is 0 Å². The second-order valence-electron chi connectivity index (χ2n) is 3.42. The molecule has 1 heterocycles. The van der Waals surface area contributed by atoms with Gasteiger partial charge in [0.2, 0.25) is 11.2 Å². The van der Waals surface area contributed by atoms with Crippen LogP contribution in [0.1, 0.15) is 23.9 Å². The number of rotatable bonds is 1. The topological polar surface area (TPSA) is 42.3 Å². The fourth-order valence-electron chi connectivity index (χ4n) is 1.61. The predicted octanol–water partition coefficient (Wildman–Crippen LogP) is 2.24. The molecule has 1 unspecified atom stereocenters. The van der Waals surface area contributed by atoms with Gasteiger partial charge in [0.15, 0.2) is 0 Å². The van der Waals surface area contributed by atoms with E-state index in [-0.39, 0.29) is 0 Å². The summed E-state index contributed by atoms with van der Waals surface area (Å²) in [6.45, 7) is 2.24. The largest absolute Gasteiger partial charge is 0.242 e. The molecule has 1 aromatic heterocycles. The summed E-state index contributed by atoms with van der Waals surface area (Å²) in [5, 5.41) is 0.564. The third-order valence-corrected chi connectivity index (χ3v) is 3.33. The second kappa shape index (κ2) is 3.40. The highest BCUT2D eigenvalue weighted by atomic mass is 32.1. The molecule has 0 amide bonds. The average Bonchev–Trinajstić information content (AvgIpc) is 2.46. The lowest BCUT2D eigenvalue weighted by Crippen LogP contribution is -2.08. The van der Waals surface area contributed by atoms with E-state index < -0.39 is 0 Å². The van der Waals surface area contributed by atoms with E-state index in [4.69, 9.17) is 0 Å². The van der Waals surface area contributed by atoms with Gasteiger partial charge in [0.1, 0.15) is 0 Å². The van der Waals surface area contributed by atoms with Crippen molar-refractivity contribution in [2.45, 2.75) is 26.2 Å². The number of carbonyl (C=O) groups excluding carboxylic acids is 1. The summed E-state index contributed by atoms with van der Waals surface area (Å²) in [5.74, 6) is 0.737. The van der Waals surface area contributed by atoms with Gasteiger partial charge in [-0.25, -0.2) is 9.78 Å². The van der Waals surface area contributed by atoms with Crippen molar-refractivity contribution in [2.24, 2.45) is 10.9 Å². The van der Waals surface area contributed by atoms with Crippen molar-refractivity contribution in [2.75, 3.05) is 0 Å². The van der Waals surface area contributed by atoms with Gasteiger partial charge in [-0.15, -0.1) is 4.99 Å². The Morgan fingerprint density at radius 1 is 1.69 bits per heavy atom. The minimum absolute atomic E-state index is 0.564. The fraction of sp³-hybridized carbons (Fsp3) is 0.556. The molecule has 0 radical (unpaired) electrons. The van der Waals surface area contributed by atoms with Crippen LogP contribution in [-0.4, -0.2) is 11.1 Å². The normalized spacial score (nSPS) is 20.5. The molecule has 3 nitrogen and oxygen atoms in total. The van der Waals surface area contributed by atoms with Crippen LogP contribution in [0.3, 0.4) is 0 Å². The summed E-state index contributed by atoms with van der Waals surface area (Å²) >= 11 is 1.52. The molecular weight excluding hydrogens is 184 g/mol. The van der Waals surface area contributed by atoms with Crippen molar-refractivity contribution in [3.8, 4) is 0 Å². The molecule has 1 aliphatic carbocycles. The Hall–Kier alpha value is -0.990. The van der Waals surface area contributed by atoms with E-state index in [0.29, 0.717) is 5.13 Å². The Balaban J connectivity index is 2.33. The molecule has 0 spiro atoms. The molecule has 13 heavy (non-hydrogen) atoms. The van der Waals surface area contributed by atoms with E-state index >= 15 is 0 Å². The molecule has 0 N–H and O–H groups in total. The Labute approximate surface area is 80.5 Å². The Morgan fingerprint density at radius 3 is 3.31 bits per heavy atom. The molecule has 0 aliphatic heterocycles. The maximum absolute atomic E-state index is 10.0. The standard InChI is InChI=1S/C9H10N2OS/c1-6-2-3-7-8(4-6)13-9(11-7)10-5-12/h6H,2-4H2,1H3. The summed E-state index contributed by atoms with van der Waals surface area (Å²) in [4.78, 5) is 19.1. The number of aliphatic imine (C=N–C) groups is 1. The van der Waals surface area contributed by atoms with E-state index in [1.807, 2.05) is 0 Å². The number of nitrogens with zero attached hydrogens (tertiary/aromatic N) is 2. The van der Waals surface area contributed by atoms with E-state index in [0.717, 1.165) is 24.5 Å². The van der Waals surface area contributed by atoms with Crippen LogP contribution in [0, 0.1) is 5.92 Å². The fourth-order valence-corrected chi connectivity index (χ4v) is 2.71. The summed E-state index contributed by atoms with van der Waals surface area (Å²) in [7, 11) is 0. The van der Waals surface area contributed by atoms with Crippen molar-refractivity contribution in [3.05, 3.63) is 10.6 Å². The predicted molar refractivity (Wildman–Crippen MR) is 51.1 cm³/mol. The highest BCUT2D eigenvalue weighted by Gasteiger charge is 2.19. The van der Waals surface area contributed by atoms with Crippen molar-refractivity contribution >= 4 is 22.5 Å². The van der Waals surface area contributed by atoms with Crippen LogP contribution >= 0.6 is 11.3 Å². The molecule has 0 bridgehead atoms. The lowest BCUT2D eigenvalue weighted by atomic mass is 9.93. The lowest BCUT2D eigenvalue weighted by Gasteiger charge is -2.15.